The zero-order valence-corrected chi connectivity index (χ0v) is 12.9. The van der Waals surface area contributed by atoms with E-state index in [0.29, 0.717) is 0 Å². The van der Waals surface area contributed by atoms with Crippen LogP contribution in [0.1, 0.15) is 38.2 Å². The zero-order valence-electron chi connectivity index (χ0n) is 12.9. The zero-order chi connectivity index (χ0) is 15.1. The number of nitrogens with two attached hydrogens (primary N) is 1. The molecule has 0 aromatic heterocycles. The van der Waals surface area contributed by atoms with Gasteiger partial charge >= 0.3 is 0 Å². The molecule has 1 unspecified atom stereocenters. The van der Waals surface area contributed by atoms with Crippen LogP contribution in [-0.4, -0.2) is 29.9 Å². The summed E-state index contributed by atoms with van der Waals surface area (Å²) in [5.74, 6) is 6.00. The maximum atomic E-state index is 11.9. The Kier molecular flexibility index (Phi) is 6.21. The van der Waals surface area contributed by atoms with Gasteiger partial charge in [-0.15, -0.1) is 0 Å². The lowest BCUT2D eigenvalue weighted by atomic mass is 9.89. The summed E-state index contributed by atoms with van der Waals surface area (Å²) in [6, 6.07) is 10.6. The van der Waals surface area contributed by atoms with Crippen LogP contribution in [0.5, 0.6) is 0 Å². The van der Waals surface area contributed by atoms with Gasteiger partial charge in [0.2, 0.25) is 0 Å². The topological polar surface area (TPSA) is 58.4 Å². The third kappa shape index (κ3) is 4.55. The van der Waals surface area contributed by atoms with Gasteiger partial charge in [0.05, 0.1) is 6.04 Å². The van der Waals surface area contributed by atoms with Gasteiger partial charge in [0, 0.05) is 0 Å². The Morgan fingerprint density at radius 1 is 1.33 bits per heavy atom. The molecule has 2 rings (SSSR count). The van der Waals surface area contributed by atoms with Crippen LogP contribution in [0.25, 0.3) is 0 Å². The summed E-state index contributed by atoms with van der Waals surface area (Å²) in [6.45, 7) is 4.10. The molecule has 1 heterocycles. The highest BCUT2D eigenvalue weighted by Crippen LogP contribution is 2.24. The highest BCUT2D eigenvalue weighted by Gasteiger charge is 2.28. The molecule has 0 bridgehead atoms. The fraction of sp³-hybridized carbons (Fsp3) is 0.588. The maximum absolute atomic E-state index is 11.9. The van der Waals surface area contributed by atoms with Crippen molar-refractivity contribution in [2.75, 3.05) is 13.1 Å². The molecular weight excluding hydrogens is 262 g/mol. The van der Waals surface area contributed by atoms with Crippen molar-refractivity contribution in [3.8, 4) is 0 Å². The lowest BCUT2D eigenvalue weighted by Crippen LogP contribution is -2.51. The van der Waals surface area contributed by atoms with Crippen LogP contribution in [-0.2, 0) is 11.2 Å². The summed E-state index contributed by atoms with van der Waals surface area (Å²) >= 11 is 0. The van der Waals surface area contributed by atoms with Gasteiger partial charge < -0.3 is 0 Å². The Morgan fingerprint density at radius 2 is 2.00 bits per heavy atom. The highest BCUT2D eigenvalue weighted by molar-refractivity contribution is 5.81. The van der Waals surface area contributed by atoms with E-state index < -0.39 is 0 Å². The first-order chi connectivity index (χ1) is 10.2. The highest BCUT2D eigenvalue weighted by atomic mass is 16.2. The smallest absolute Gasteiger partial charge is 0.251 e. The molecule has 116 valence electrons. The summed E-state index contributed by atoms with van der Waals surface area (Å²) in [5, 5.41) is 0. The second-order valence-electron chi connectivity index (χ2n) is 5.98. The van der Waals surface area contributed by atoms with E-state index in [1.165, 1.54) is 5.56 Å². The first-order valence-electron chi connectivity index (χ1n) is 8.03. The number of carbonyl (C=O) groups excluding carboxylic acids is 1. The van der Waals surface area contributed by atoms with Crippen molar-refractivity contribution < 1.29 is 4.79 Å². The van der Waals surface area contributed by atoms with Crippen LogP contribution in [0, 0.1) is 5.92 Å². The maximum Gasteiger partial charge on any atom is 0.251 e. The number of likely N-dealkylation sites (tertiary alicyclic amines) is 1. The number of hydrogen-bond acceptors (Lipinski definition) is 3. The minimum absolute atomic E-state index is 0.0432. The number of carbonyl (C=O) groups is 1. The summed E-state index contributed by atoms with van der Waals surface area (Å²) in [7, 11) is 0. The van der Waals surface area contributed by atoms with E-state index in [9.17, 15) is 4.79 Å². The van der Waals surface area contributed by atoms with Crippen molar-refractivity contribution in [2.24, 2.45) is 11.8 Å². The Hall–Kier alpha value is -1.39. The van der Waals surface area contributed by atoms with Gasteiger partial charge in [-0.3, -0.25) is 15.1 Å². The number of hydrogen-bond donors (Lipinski definition) is 2. The number of hydrazine groups is 1. The first kappa shape index (κ1) is 16.0. The summed E-state index contributed by atoms with van der Waals surface area (Å²) < 4.78 is 0. The monoisotopic (exact) mass is 289 g/mol. The molecule has 1 atom stereocenters. The van der Waals surface area contributed by atoms with Crippen molar-refractivity contribution >= 4 is 5.91 Å². The molecule has 21 heavy (non-hydrogen) atoms. The van der Waals surface area contributed by atoms with E-state index in [2.05, 4.69) is 47.6 Å². The molecule has 4 nitrogen and oxygen atoms in total. The predicted molar refractivity (Wildman–Crippen MR) is 85.5 cm³/mol. The molecule has 1 aromatic rings. The third-order valence-electron chi connectivity index (χ3n) is 4.46. The van der Waals surface area contributed by atoms with Crippen LogP contribution in [0.4, 0.5) is 0 Å². The average molecular weight is 289 g/mol. The van der Waals surface area contributed by atoms with Crippen LogP contribution < -0.4 is 11.3 Å². The molecule has 0 radical (unpaired) electrons. The van der Waals surface area contributed by atoms with Gasteiger partial charge in [0.15, 0.2) is 0 Å². The molecule has 3 N–H and O–H groups in total. The molecule has 1 aliphatic rings. The van der Waals surface area contributed by atoms with E-state index >= 15 is 0 Å². The normalized spacial score (nSPS) is 18.4. The summed E-state index contributed by atoms with van der Waals surface area (Å²) in [4.78, 5) is 14.2. The van der Waals surface area contributed by atoms with Crippen LogP contribution in [0.15, 0.2) is 30.3 Å². The number of nitrogens with one attached hydrogen (secondary N) is 1. The molecule has 1 fully saturated rings. The fourth-order valence-corrected chi connectivity index (χ4v) is 3.27. The van der Waals surface area contributed by atoms with Crippen molar-refractivity contribution in [2.45, 2.75) is 45.1 Å². The van der Waals surface area contributed by atoms with Crippen molar-refractivity contribution in [1.29, 1.82) is 0 Å². The minimum Gasteiger partial charge on any atom is -0.293 e. The lowest BCUT2D eigenvalue weighted by molar-refractivity contribution is -0.127. The van der Waals surface area contributed by atoms with Gasteiger partial charge in [-0.25, -0.2) is 5.84 Å². The van der Waals surface area contributed by atoms with E-state index in [-0.39, 0.29) is 11.9 Å². The SMILES string of the molecule is CCCC(C(=O)NN)N1CCC(Cc2ccccc2)CC1. The Morgan fingerprint density at radius 3 is 2.57 bits per heavy atom. The molecule has 0 saturated carbocycles. The van der Waals surface area contributed by atoms with Crippen LogP contribution in [0.3, 0.4) is 0 Å². The Labute approximate surface area is 127 Å². The largest absolute Gasteiger partial charge is 0.293 e. The Bertz CT molecular complexity index is 427. The standard InChI is InChI=1S/C17H27N3O/c1-2-6-16(17(21)19-18)20-11-9-15(10-12-20)13-14-7-4-3-5-8-14/h3-5,7-8,15-16H,2,6,9-13,18H2,1H3,(H,19,21). The number of piperidine rings is 1. The van der Waals surface area contributed by atoms with E-state index in [4.69, 9.17) is 5.84 Å². The van der Waals surface area contributed by atoms with Gasteiger partial charge in [-0.05, 0) is 50.3 Å². The molecule has 4 heteroatoms. The lowest BCUT2D eigenvalue weighted by Gasteiger charge is -2.36. The number of rotatable bonds is 6. The van der Waals surface area contributed by atoms with E-state index in [1.807, 2.05) is 0 Å². The van der Waals surface area contributed by atoms with Crippen molar-refractivity contribution in [1.82, 2.24) is 10.3 Å². The number of nitrogens with zero attached hydrogens (tertiary/aromatic N) is 1. The summed E-state index contributed by atoms with van der Waals surface area (Å²) in [5.41, 5.74) is 3.73. The predicted octanol–water partition coefficient (Wildman–Crippen LogP) is 2.10. The van der Waals surface area contributed by atoms with Crippen molar-refractivity contribution in [3.63, 3.8) is 0 Å². The minimum atomic E-state index is -0.0577. The average Bonchev–Trinajstić information content (AvgIpc) is 2.54. The van der Waals surface area contributed by atoms with Gasteiger partial charge in [-0.1, -0.05) is 43.7 Å². The van der Waals surface area contributed by atoms with Crippen LogP contribution >= 0.6 is 0 Å². The van der Waals surface area contributed by atoms with Gasteiger partial charge in [-0.2, -0.15) is 0 Å². The molecule has 1 aliphatic heterocycles. The molecule has 1 aromatic carbocycles. The molecule has 0 spiro atoms. The number of amides is 1. The van der Waals surface area contributed by atoms with Crippen molar-refractivity contribution in [3.05, 3.63) is 35.9 Å². The second-order valence-corrected chi connectivity index (χ2v) is 5.98. The summed E-state index contributed by atoms with van der Waals surface area (Å²) in [6.07, 6.45) is 5.35. The first-order valence-corrected chi connectivity index (χ1v) is 8.03. The fourth-order valence-electron chi connectivity index (χ4n) is 3.27. The third-order valence-corrected chi connectivity index (χ3v) is 4.46. The van der Waals surface area contributed by atoms with Gasteiger partial charge in [0.25, 0.3) is 5.91 Å². The van der Waals surface area contributed by atoms with Gasteiger partial charge in [0.1, 0.15) is 0 Å². The van der Waals surface area contributed by atoms with Crippen LogP contribution in [0.2, 0.25) is 0 Å². The van der Waals surface area contributed by atoms with E-state index in [0.717, 1.165) is 51.1 Å². The molecule has 0 aliphatic carbocycles. The Balaban J connectivity index is 1.85. The molecule has 1 amide bonds. The molecular formula is C17H27N3O. The second kappa shape index (κ2) is 8.15. The van der Waals surface area contributed by atoms with E-state index in [1.54, 1.807) is 0 Å². The quantitative estimate of drug-likeness (QED) is 0.479. The number of benzene rings is 1. The molecule has 1 saturated heterocycles.